The van der Waals surface area contributed by atoms with Crippen molar-refractivity contribution in [2.75, 3.05) is 6.61 Å². The van der Waals surface area contributed by atoms with E-state index in [0.717, 1.165) is 17.3 Å². The Labute approximate surface area is 199 Å². The first-order valence-electron chi connectivity index (χ1n) is 10.3. The summed E-state index contributed by atoms with van der Waals surface area (Å²) in [6, 6.07) is 20.9. The summed E-state index contributed by atoms with van der Waals surface area (Å²) in [6.07, 6.45) is 1.53. The molecular formula is C24H19N5O4S. The van der Waals surface area contributed by atoms with Crippen LogP contribution in [0.15, 0.2) is 87.8 Å². The molecule has 3 aromatic carbocycles. The predicted octanol–water partition coefficient (Wildman–Crippen LogP) is 5.46. The van der Waals surface area contributed by atoms with Gasteiger partial charge >= 0.3 is 5.97 Å². The van der Waals surface area contributed by atoms with Crippen molar-refractivity contribution in [2.24, 2.45) is 4.99 Å². The molecule has 10 heteroatoms. The molecule has 34 heavy (non-hydrogen) atoms. The number of aliphatic imine (C=N–C) groups is 1. The molecule has 0 fully saturated rings. The molecule has 4 rings (SSSR count). The molecule has 0 amide bonds. The first-order valence-corrected chi connectivity index (χ1v) is 11.1. The first kappa shape index (κ1) is 22.9. The van der Waals surface area contributed by atoms with Crippen LogP contribution in [-0.4, -0.2) is 38.9 Å². The Morgan fingerprint density at radius 2 is 1.91 bits per heavy atom. The molecule has 0 saturated carbocycles. The van der Waals surface area contributed by atoms with Crippen LogP contribution in [0.4, 0.5) is 11.4 Å². The zero-order valence-electron chi connectivity index (χ0n) is 18.0. The van der Waals surface area contributed by atoms with Gasteiger partial charge in [0.1, 0.15) is 0 Å². The minimum Gasteiger partial charge on any atom is -0.462 e. The number of nitrogens with zero attached hydrogens (tertiary/aromatic N) is 4. The van der Waals surface area contributed by atoms with Crippen molar-refractivity contribution in [1.29, 1.82) is 0 Å². The third-order valence-corrected chi connectivity index (χ3v) is 5.56. The number of hydrogen-bond acceptors (Lipinski definition) is 8. The summed E-state index contributed by atoms with van der Waals surface area (Å²) in [5, 5.41) is 19.1. The lowest BCUT2D eigenvalue weighted by Crippen LogP contribution is -2.03. The van der Waals surface area contributed by atoms with E-state index >= 15 is 0 Å². The highest BCUT2D eigenvalue weighted by atomic mass is 32.2. The van der Waals surface area contributed by atoms with Crippen LogP contribution in [0.25, 0.3) is 11.4 Å². The summed E-state index contributed by atoms with van der Waals surface area (Å²) in [5.74, 6) is 0.188. The van der Waals surface area contributed by atoms with Crippen LogP contribution in [0.3, 0.4) is 0 Å². The average molecular weight is 474 g/mol. The second kappa shape index (κ2) is 10.5. The summed E-state index contributed by atoms with van der Waals surface area (Å²) in [7, 11) is 0. The molecule has 0 aliphatic carbocycles. The second-order valence-corrected chi connectivity index (χ2v) is 7.95. The monoisotopic (exact) mass is 473 g/mol. The summed E-state index contributed by atoms with van der Waals surface area (Å²) in [4.78, 5) is 32.1. The number of benzene rings is 3. The first-order chi connectivity index (χ1) is 16.5. The minimum absolute atomic E-state index is 0.0716. The molecule has 0 aliphatic rings. The molecular weight excluding hydrogens is 454 g/mol. The molecule has 0 bridgehead atoms. The van der Waals surface area contributed by atoms with Crippen molar-refractivity contribution < 1.29 is 14.5 Å². The number of aromatic amines is 1. The Morgan fingerprint density at radius 3 is 2.62 bits per heavy atom. The van der Waals surface area contributed by atoms with Crippen molar-refractivity contribution >= 4 is 35.3 Å². The second-order valence-electron chi connectivity index (χ2n) is 6.94. The van der Waals surface area contributed by atoms with Gasteiger partial charge in [-0.2, -0.15) is 0 Å². The van der Waals surface area contributed by atoms with Gasteiger partial charge < -0.3 is 4.74 Å². The van der Waals surface area contributed by atoms with E-state index < -0.39 is 10.9 Å². The van der Waals surface area contributed by atoms with E-state index in [-0.39, 0.29) is 5.69 Å². The molecule has 0 aliphatic heterocycles. The maximum absolute atomic E-state index is 11.7. The Balaban J connectivity index is 1.50. The van der Waals surface area contributed by atoms with Crippen LogP contribution in [0.5, 0.6) is 0 Å². The topological polar surface area (TPSA) is 123 Å². The van der Waals surface area contributed by atoms with Crippen LogP contribution in [-0.2, 0) is 4.74 Å². The molecule has 4 aromatic rings. The van der Waals surface area contributed by atoms with Crippen molar-refractivity contribution in [1.82, 2.24) is 15.2 Å². The van der Waals surface area contributed by atoms with E-state index in [2.05, 4.69) is 20.2 Å². The summed E-state index contributed by atoms with van der Waals surface area (Å²) < 4.78 is 4.96. The van der Waals surface area contributed by atoms with E-state index in [4.69, 9.17) is 4.74 Å². The normalized spacial score (nSPS) is 11.0. The number of carbonyl (C=O) groups is 1. The molecule has 1 aromatic heterocycles. The molecule has 0 unspecified atom stereocenters. The van der Waals surface area contributed by atoms with E-state index in [1.165, 1.54) is 12.3 Å². The lowest BCUT2D eigenvalue weighted by atomic mass is 10.2. The number of esters is 1. The SMILES string of the molecule is CCOC(=O)c1ccc(N=Cc2ccc(Sc3n[nH]c(-c4ccccc4)n3)c([N+](=O)[O-])c2)cc1. The number of aromatic nitrogens is 3. The highest BCUT2D eigenvalue weighted by Crippen LogP contribution is 2.34. The fourth-order valence-electron chi connectivity index (χ4n) is 3.01. The zero-order chi connectivity index (χ0) is 23.9. The van der Waals surface area contributed by atoms with Gasteiger partial charge in [0.05, 0.1) is 27.7 Å². The molecule has 0 spiro atoms. The Hall–Kier alpha value is -4.31. The molecule has 170 valence electrons. The number of rotatable bonds is 8. The van der Waals surface area contributed by atoms with Crippen LogP contribution in [0.1, 0.15) is 22.8 Å². The molecule has 0 saturated heterocycles. The number of carbonyl (C=O) groups excluding carboxylic acids is 1. The standard InChI is InChI=1S/C24H19N5O4S/c1-2-33-23(30)18-9-11-19(12-10-18)25-15-16-8-13-21(20(14-16)29(31)32)34-24-26-22(27-28-24)17-6-4-3-5-7-17/h3-15H,2H2,1H3,(H,26,27,28). The van der Waals surface area contributed by atoms with E-state index in [1.807, 2.05) is 30.3 Å². The fraction of sp³-hybridized carbons (Fsp3) is 0.0833. The number of H-pyrrole nitrogens is 1. The van der Waals surface area contributed by atoms with Gasteiger partial charge in [-0.05, 0) is 54.6 Å². The van der Waals surface area contributed by atoms with E-state index in [0.29, 0.717) is 39.3 Å². The lowest BCUT2D eigenvalue weighted by Gasteiger charge is -2.02. The van der Waals surface area contributed by atoms with Crippen LogP contribution in [0.2, 0.25) is 0 Å². The minimum atomic E-state index is -0.446. The molecule has 0 atom stereocenters. The highest BCUT2D eigenvalue weighted by Gasteiger charge is 2.18. The zero-order valence-corrected chi connectivity index (χ0v) is 18.9. The van der Waals surface area contributed by atoms with Crippen molar-refractivity contribution in [3.05, 3.63) is 94.0 Å². The molecule has 0 radical (unpaired) electrons. The Bertz CT molecular complexity index is 1340. The molecule has 1 N–H and O–H groups in total. The largest absolute Gasteiger partial charge is 0.462 e. The number of ether oxygens (including phenoxy) is 1. The van der Waals surface area contributed by atoms with Crippen molar-refractivity contribution in [3.8, 4) is 11.4 Å². The number of hydrogen-bond donors (Lipinski definition) is 1. The van der Waals surface area contributed by atoms with E-state index in [9.17, 15) is 14.9 Å². The Morgan fingerprint density at radius 1 is 1.15 bits per heavy atom. The Kier molecular flexibility index (Phi) is 7.09. The smallest absolute Gasteiger partial charge is 0.338 e. The third kappa shape index (κ3) is 5.54. The summed E-state index contributed by atoms with van der Waals surface area (Å²) in [5.41, 5.74) is 2.39. The quantitative estimate of drug-likeness (QED) is 0.156. The van der Waals surface area contributed by atoms with Gasteiger partial charge in [-0.1, -0.05) is 36.4 Å². The maximum atomic E-state index is 11.7. The van der Waals surface area contributed by atoms with Crippen LogP contribution < -0.4 is 0 Å². The van der Waals surface area contributed by atoms with Gasteiger partial charge in [0.2, 0.25) is 5.16 Å². The number of nitrogens with one attached hydrogen (secondary N) is 1. The van der Waals surface area contributed by atoms with Gasteiger partial charge in [-0.25, -0.2) is 9.78 Å². The van der Waals surface area contributed by atoms with Gasteiger partial charge in [0.25, 0.3) is 5.69 Å². The van der Waals surface area contributed by atoms with Crippen LogP contribution >= 0.6 is 11.8 Å². The van der Waals surface area contributed by atoms with E-state index in [1.54, 1.807) is 43.3 Å². The average Bonchev–Trinajstić information content (AvgIpc) is 3.33. The number of nitro benzene ring substituents is 1. The third-order valence-electron chi connectivity index (χ3n) is 4.63. The van der Waals surface area contributed by atoms with Gasteiger partial charge in [0.15, 0.2) is 5.82 Å². The number of nitro groups is 1. The van der Waals surface area contributed by atoms with Crippen LogP contribution in [0, 0.1) is 10.1 Å². The summed E-state index contributed by atoms with van der Waals surface area (Å²) in [6.45, 7) is 2.04. The van der Waals surface area contributed by atoms with Gasteiger partial charge in [-0.15, -0.1) is 5.10 Å². The predicted molar refractivity (Wildman–Crippen MR) is 129 cm³/mol. The highest BCUT2D eigenvalue weighted by molar-refractivity contribution is 7.99. The molecule has 9 nitrogen and oxygen atoms in total. The lowest BCUT2D eigenvalue weighted by molar-refractivity contribution is -0.387. The molecule has 1 heterocycles. The van der Waals surface area contributed by atoms with Crippen molar-refractivity contribution in [2.45, 2.75) is 17.0 Å². The fourth-order valence-corrected chi connectivity index (χ4v) is 3.81. The maximum Gasteiger partial charge on any atom is 0.338 e. The summed E-state index contributed by atoms with van der Waals surface area (Å²) >= 11 is 1.11. The van der Waals surface area contributed by atoms with Gasteiger partial charge in [-0.3, -0.25) is 20.2 Å². The van der Waals surface area contributed by atoms with Crippen molar-refractivity contribution in [3.63, 3.8) is 0 Å². The van der Waals surface area contributed by atoms with Gasteiger partial charge in [0, 0.05) is 17.8 Å².